The molecule has 0 bridgehead atoms. The second-order valence-corrected chi connectivity index (χ2v) is 7.55. The van der Waals surface area contributed by atoms with E-state index in [1.54, 1.807) is 23.7 Å². The lowest BCUT2D eigenvalue weighted by Gasteiger charge is -2.26. The van der Waals surface area contributed by atoms with E-state index < -0.39 is 0 Å². The largest absolute Gasteiger partial charge is 0.378 e. The number of ether oxygens (including phenoxy) is 1. The van der Waals surface area contributed by atoms with Crippen LogP contribution in [0.1, 0.15) is 22.6 Å². The predicted molar refractivity (Wildman–Crippen MR) is 96.7 cm³/mol. The van der Waals surface area contributed by atoms with Crippen LogP contribution in [0.25, 0.3) is 0 Å². The second kappa shape index (κ2) is 7.49. The van der Waals surface area contributed by atoms with Gasteiger partial charge in [0.05, 0.1) is 18.9 Å². The van der Waals surface area contributed by atoms with Crippen LogP contribution in [0, 0.1) is 5.92 Å². The summed E-state index contributed by atoms with van der Waals surface area (Å²) in [5, 5.41) is 4.13. The molecule has 4 rings (SSSR count). The third-order valence-electron chi connectivity index (χ3n) is 4.77. The first-order valence-electron chi connectivity index (χ1n) is 8.77. The molecule has 0 spiro atoms. The van der Waals surface area contributed by atoms with E-state index in [1.165, 1.54) is 4.88 Å². The minimum Gasteiger partial charge on any atom is -0.378 e. The van der Waals surface area contributed by atoms with E-state index in [2.05, 4.69) is 15.2 Å². The molecule has 132 valence electrons. The van der Waals surface area contributed by atoms with Gasteiger partial charge in [0, 0.05) is 49.2 Å². The molecule has 1 aliphatic carbocycles. The summed E-state index contributed by atoms with van der Waals surface area (Å²) in [7, 11) is 0. The minimum absolute atomic E-state index is 0.0174. The Morgan fingerprint density at radius 2 is 2.28 bits per heavy atom. The van der Waals surface area contributed by atoms with Gasteiger partial charge in [0.15, 0.2) is 5.13 Å². The summed E-state index contributed by atoms with van der Waals surface area (Å²) < 4.78 is 5.41. The minimum atomic E-state index is 0.0174. The van der Waals surface area contributed by atoms with Gasteiger partial charge in [-0.2, -0.15) is 0 Å². The zero-order valence-electron chi connectivity index (χ0n) is 14.1. The van der Waals surface area contributed by atoms with Crippen molar-refractivity contribution in [3.05, 3.63) is 40.7 Å². The number of amides is 1. The molecule has 1 unspecified atom stereocenters. The maximum Gasteiger partial charge on any atom is 0.223 e. The molecule has 1 N–H and O–H groups in total. The van der Waals surface area contributed by atoms with E-state index in [0.717, 1.165) is 62.0 Å². The fraction of sp³-hybridized carbons (Fsp3) is 0.500. The summed E-state index contributed by atoms with van der Waals surface area (Å²) in [6, 6.07) is 3.86. The van der Waals surface area contributed by atoms with E-state index in [9.17, 15) is 4.79 Å². The normalized spacial score (nSPS) is 20.2. The molecule has 25 heavy (non-hydrogen) atoms. The van der Waals surface area contributed by atoms with Gasteiger partial charge in [-0.1, -0.05) is 6.07 Å². The van der Waals surface area contributed by atoms with Gasteiger partial charge >= 0.3 is 0 Å². The summed E-state index contributed by atoms with van der Waals surface area (Å²) in [4.78, 5) is 25.1. The summed E-state index contributed by atoms with van der Waals surface area (Å²) >= 11 is 1.79. The van der Waals surface area contributed by atoms with Gasteiger partial charge < -0.3 is 15.0 Å². The average molecular weight is 358 g/mol. The van der Waals surface area contributed by atoms with Crippen molar-refractivity contribution in [2.45, 2.75) is 25.8 Å². The zero-order valence-corrected chi connectivity index (χ0v) is 14.9. The van der Waals surface area contributed by atoms with Crippen LogP contribution in [0.5, 0.6) is 0 Å². The summed E-state index contributed by atoms with van der Waals surface area (Å²) in [5.41, 5.74) is 2.13. The fourth-order valence-electron chi connectivity index (χ4n) is 3.32. The Labute approximate surface area is 151 Å². The van der Waals surface area contributed by atoms with E-state index in [1.807, 2.05) is 12.1 Å². The van der Waals surface area contributed by atoms with Crippen LogP contribution < -0.4 is 10.2 Å². The highest BCUT2D eigenvalue weighted by molar-refractivity contribution is 7.15. The summed E-state index contributed by atoms with van der Waals surface area (Å²) in [6.45, 7) is 3.88. The van der Waals surface area contributed by atoms with Crippen LogP contribution in [0.3, 0.4) is 0 Å². The van der Waals surface area contributed by atoms with Crippen LogP contribution >= 0.6 is 11.3 Å². The fourth-order valence-corrected chi connectivity index (χ4v) is 4.47. The standard InChI is InChI=1S/C18H22N4O2S/c23-17(20-12-13-2-1-5-19-11-13)14-3-4-16-15(10-14)21-18(25-16)22-6-8-24-9-7-22/h1-2,5,11,14H,3-4,6-10,12H2,(H,20,23). The van der Waals surface area contributed by atoms with Crippen LogP contribution in [-0.2, 0) is 28.9 Å². The number of rotatable bonds is 4. The highest BCUT2D eigenvalue weighted by Gasteiger charge is 2.28. The third kappa shape index (κ3) is 3.82. The van der Waals surface area contributed by atoms with Crippen molar-refractivity contribution in [1.82, 2.24) is 15.3 Å². The molecule has 0 radical (unpaired) electrons. The lowest BCUT2D eigenvalue weighted by molar-refractivity contribution is -0.125. The number of thiazole rings is 1. The van der Waals surface area contributed by atoms with Crippen LogP contribution in [-0.4, -0.2) is 42.2 Å². The third-order valence-corrected chi connectivity index (χ3v) is 5.99. The van der Waals surface area contributed by atoms with Gasteiger partial charge in [0.1, 0.15) is 0 Å². The number of pyridine rings is 1. The van der Waals surface area contributed by atoms with Crippen LogP contribution in [0.2, 0.25) is 0 Å². The molecule has 2 aromatic heterocycles. The van der Waals surface area contributed by atoms with Gasteiger partial charge in [0.2, 0.25) is 5.91 Å². The van der Waals surface area contributed by atoms with Gasteiger partial charge in [0.25, 0.3) is 0 Å². The smallest absolute Gasteiger partial charge is 0.223 e. The molecule has 0 saturated carbocycles. The molecule has 3 heterocycles. The SMILES string of the molecule is O=C(NCc1cccnc1)C1CCc2sc(N3CCOCC3)nc2C1. The van der Waals surface area contributed by atoms with Crippen LogP contribution in [0.4, 0.5) is 5.13 Å². The van der Waals surface area contributed by atoms with Crippen molar-refractivity contribution in [3.63, 3.8) is 0 Å². The number of hydrogen-bond acceptors (Lipinski definition) is 6. The van der Waals surface area contributed by atoms with Crippen molar-refractivity contribution < 1.29 is 9.53 Å². The van der Waals surface area contributed by atoms with Gasteiger partial charge in [-0.3, -0.25) is 9.78 Å². The first-order chi connectivity index (χ1) is 12.3. The Hall–Kier alpha value is -1.99. The number of nitrogens with one attached hydrogen (secondary N) is 1. The first-order valence-corrected chi connectivity index (χ1v) is 9.59. The number of fused-ring (bicyclic) bond motifs is 1. The van der Waals surface area contributed by atoms with E-state index in [-0.39, 0.29) is 11.8 Å². The Morgan fingerprint density at radius 1 is 1.40 bits per heavy atom. The molecule has 7 heteroatoms. The maximum absolute atomic E-state index is 12.5. The summed E-state index contributed by atoms with van der Waals surface area (Å²) in [5.74, 6) is 0.138. The number of morpholine rings is 1. The van der Waals surface area contributed by atoms with E-state index in [0.29, 0.717) is 6.54 Å². The van der Waals surface area contributed by atoms with Crippen molar-refractivity contribution in [1.29, 1.82) is 0 Å². The molecule has 1 saturated heterocycles. The lowest BCUT2D eigenvalue weighted by atomic mass is 9.90. The molecule has 2 aliphatic rings. The molecule has 0 aromatic carbocycles. The maximum atomic E-state index is 12.5. The van der Waals surface area contributed by atoms with Gasteiger partial charge in [-0.05, 0) is 24.5 Å². The van der Waals surface area contributed by atoms with Crippen molar-refractivity contribution in [2.24, 2.45) is 5.92 Å². The number of hydrogen-bond donors (Lipinski definition) is 1. The van der Waals surface area contributed by atoms with E-state index in [4.69, 9.17) is 9.72 Å². The molecular weight excluding hydrogens is 336 g/mol. The van der Waals surface area contributed by atoms with Crippen molar-refractivity contribution in [2.75, 3.05) is 31.2 Å². The summed E-state index contributed by atoms with van der Waals surface area (Å²) in [6.07, 6.45) is 6.12. The predicted octanol–water partition coefficient (Wildman–Crippen LogP) is 1.80. The number of carbonyl (C=O) groups is 1. The number of aryl methyl sites for hydroxylation is 1. The number of aromatic nitrogens is 2. The Morgan fingerprint density at radius 3 is 3.08 bits per heavy atom. The van der Waals surface area contributed by atoms with Crippen LogP contribution in [0.15, 0.2) is 24.5 Å². The van der Waals surface area contributed by atoms with Gasteiger partial charge in [-0.25, -0.2) is 4.98 Å². The van der Waals surface area contributed by atoms with Crippen molar-refractivity contribution >= 4 is 22.4 Å². The molecule has 1 fully saturated rings. The Kier molecular flexibility index (Phi) is 4.94. The number of carbonyl (C=O) groups excluding carboxylic acids is 1. The topological polar surface area (TPSA) is 67.4 Å². The molecule has 1 atom stereocenters. The highest BCUT2D eigenvalue weighted by atomic mass is 32.1. The number of anilines is 1. The Bertz CT molecular complexity index is 728. The highest BCUT2D eigenvalue weighted by Crippen LogP contribution is 2.34. The molecular formula is C18H22N4O2S. The molecule has 2 aromatic rings. The lowest BCUT2D eigenvalue weighted by Crippen LogP contribution is -2.36. The first kappa shape index (κ1) is 16.5. The Balaban J connectivity index is 1.37. The molecule has 1 amide bonds. The zero-order chi connectivity index (χ0) is 17.1. The molecule has 6 nitrogen and oxygen atoms in total. The second-order valence-electron chi connectivity index (χ2n) is 6.48. The van der Waals surface area contributed by atoms with E-state index >= 15 is 0 Å². The van der Waals surface area contributed by atoms with Crippen molar-refractivity contribution in [3.8, 4) is 0 Å². The molecule has 1 aliphatic heterocycles. The average Bonchev–Trinajstić information content (AvgIpc) is 3.11. The monoisotopic (exact) mass is 358 g/mol. The number of nitrogens with zero attached hydrogens (tertiary/aromatic N) is 3. The quantitative estimate of drug-likeness (QED) is 0.903. The van der Waals surface area contributed by atoms with Gasteiger partial charge in [-0.15, -0.1) is 11.3 Å².